The molecule has 3 rings (SSSR count). The molecule has 1 aliphatic heterocycles. The van der Waals surface area contributed by atoms with Crippen molar-refractivity contribution in [2.24, 2.45) is 5.92 Å². The number of benzene rings is 2. The van der Waals surface area contributed by atoms with Crippen molar-refractivity contribution < 1.29 is 23.8 Å². The molecule has 2 amide bonds. The molecule has 1 heterocycles. The molecule has 2 aromatic carbocycles. The molecule has 2 aromatic rings. The molecular weight excluding hydrogens is 384 g/mol. The predicted molar refractivity (Wildman–Crippen MR) is 115 cm³/mol. The number of nitrogens with zero attached hydrogens (tertiary/aromatic N) is 1. The summed E-state index contributed by atoms with van der Waals surface area (Å²) in [5.74, 6) is 1.86. The minimum Gasteiger partial charge on any atom is -0.497 e. The van der Waals surface area contributed by atoms with E-state index < -0.39 is 0 Å². The van der Waals surface area contributed by atoms with Crippen LogP contribution in [0.3, 0.4) is 0 Å². The molecule has 1 N–H and O–H groups in total. The first kappa shape index (κ1) is 21.5. The van der Waals surface area contributed by atoms with Crippen molar-refractivity contribution in [2.75, 3.05) is 37.1 Å². The van der Waals surface area contributed by atoms with Crippen molar-refractivity contribution in [3.63, 3.8) is 0 Å². The lowest BCUT2D eigenvalue weighted by atomic mass is 10.0. The maximum Gasteiger partial charge on any atom is 0.265 e. The van der Waals surface area contributed by atoms with Crippen molar-refractivity contribution in [3.8, 4) is 17.2 Å². The molecule has 0 unspecified atom stereocenters. The molecule has 7 nitrogen and oxygen atoms in total. The number of carbonyl (C=O) groups is 2. The summed E-state index contributed by atoms with van der Waals surface area (Å²) in [6.45, 7) is 4.66. The van der Waals surface area contributed by atoms with Crippen LogP contribution in [-0.2, 0) is 9.59 Å². The Bertz CT molecular complexity index is 878. The maximum absolute atomic E-state index is 12.5. The zero-order valence-corrected chi connectivity index (χ0v) is 17.6. The van der Waals surface area contributed by atoms with Gasteiger partial charge in [0.15, 0.2) is 6.61 Å². The van der Waals surface area contributed by atoms with E-state index in [0.717, 1.165) is 18.6 Å². The van der Waals surface area contributed by atoms with Crippen molar-refractivity contribution in [3.05, 3.63) is 42.5 Å². The van der Waals surface area contributed by atoms with Crippen molar-refractivity contribution in [2.45, 2.75) is 26.7 Å². The van der Waals surface area contributed by atoms with Crippen LogP contribution in [0.2, 0.25) is 0 Å². The number of nitrogens with one attached hydrogen (secondary N) is 1. The molecule has 1 aliphatic rings. The second-order valence-electron chi connectivity index (χ2n) is 7.04. The molecule has 0 saturated heterocycles. The number of hydrogen-bond donors (Lipinski definition) is 1. The van der Waals surface area contributed by atoms with Gasteiger partial charge in [-0.2, -0.15) is 0 Å². The molecule has 0 spiro atoms. The van der Waals surface area contributed by atoms with Crippen LogP contribution in [0.1, 0.15) is 26.7 Å². The van der Waals surface area contributed by atoms with Gasteiger partial charge in [0.1, 0.15) is 23.9 Å². The van der Waals surface area contributed by atoms with Gasteiger partial charge in [-0.1, -0.05) is 13.8 Å². The van der Waals surface area contributed by atoms with Gasteiger partial charge in [0, 0.05) is 11.6 Å². The van der Waals surface area contributed by atoms with Crippen molar-refractivity contribution in [1.82, 2.24) is 0 Å². The Kier molecular flexibility index (Phi) is 7.17. The van der Waals surface area contributed by atoms with E-state index in [0.29, 0.717) is 36.0 Å². The molecular formula is C23H28N2O5. The highest BCUT2D eigenvalue weighted by molar-refractivity contribution is 5.99. The van der Waals surface area contributed by atoms with E-state index in [1.54, 1.807) is 30.2 Å². The second-order valence-corrected chi connectivity index (χ2v) is 7.04. The van der Waals surface area contributed by atoms with Gasteiger partial charge in [0.05, 0.1) is 19.3 Å². The largest absolute Gasteiger partial charge is 0.497 e. The van der Waals surface area contributed by atoms with E-state index in [1.165, 1.54) is 0 Å². The molecule has 30 heavy (non-hydrogen) atoms. The van der Waals surface area contributed by atoms with Crippen LogP contribution < -0.4 is 24.4 Å². The van der Waals surface area contributed by atoms with Gasteiger partial charge in [-0.3, -0.25) is 9.59 Å². The molecule has 7 heteroatoms. The lowest BCUT2D eigenvalue weighted by molar-refractivity contribution is -0.121. The highest BCUT2D eigenvalue weighted by Gasteiger charge is 2.26. The van der Waals surface area contributed by atoms with E-state index in [1.807, 2.05) is 38.1 Å². The average Bonchev–Trinajstić information content (AvgIpc) is 2.76. The van der Waals surface area contributed by atoms with E-state index in [2.05, 4.69) is 5.32 Å². The number of hydrogen-bond acceptors (Lipinski definition) is 5. The number of rotatable bonds is 9. The van der Waals surface area contributed by atoms with Crippen molar-refractivity contribution >= 4 is 23.2 Å². The molecule has 0 saturated carbocycles. The van der Waals surface area contributed by atoms with Gasteiger partial charge < -0.3 is 24.4 Å². The molecule has 0 atom stereocenters. The number of carbonyl (C=O) groups excluding carboxylic acids is 2. The second kappa shape index (κ2) is 10.0. The number of ether oxygens (including phenoxy) is 3. The molecule has 0 radical (unpaired) electrons. The third-order valence-electron chi connectivity index (χ3n) is 5.17. The van der Waals surface area contributed by atoms with Crippen LogP contribution in [0.5, 0.6) is 17.2 Å². The summed E-state index contributed by atoms with van der Waals surface area (Å²) in [6, 6.07) is 12.6. The summed E-state index contributed by atoms with van der Waals surface area (Å²) in [4.78, 5) is 26.5. The monoisotopic (exact) mass is 412 g/mol. The highest BCUT2D eigenvalue weighted by atomic mass is 16.5. The topological polar surface area (TPSA) is 77.1 Å². The minimum absolute atomic E-state index is 0.0163. The Morgan fingerprint density at radius 3 is 2.50 bits per heavy atom. The zero-order chi connectivity index (χ0) is 21.5. The molecule has 160 valence electrons. The number of fused-ring (bicyclic) bond motifs is 1. The summed E-state index contributed by atoms with van der Waals surface area (Å²) >= 11 is 0. The first-order chi connectivity index (χ1) is 14.5. The van der Waals surface area contributed by atoms with Crippen LogP contribution in [-0.4, -0.2) is 38.7 Å². The van der Waals surface area contributed by atoms with Crippen LogP contribution in [0.15, 0.2) is 42.5 Å². The number of methoxy groups -OCH3 is 1. The Balaban J connectivity index is 1.68. The van der Waals surface area contributed by atoms with Crippen LogP contribution >= 0.6 is 0 Å². The first-order valence-corrected chi connectivity index (χ1v) is 10.2. The molecule has 0 aliphatic carbocycles. The zero-order valence-electron chi connectivity index (χ0n) is 17.6. The lowest BCUT2D eigenvalue weighted by Crippen LogP contribution is -2.41. The van der Waals surface area contributed by atoms with Crippen LogP contribution in [0, 0.1) is 5.92 Å². The summed E-state index contributed by atoms with van der Waals surface area (Å²) in [5.41, 5.74) is 1.27. The first-order valence-electron chi connectivity index (χ1n) is 10.2. The third-order valence-corrected chi connectivity index (χ3v) is 5.17. The van der Waals surface area contributed by atoms with Crippen LogP contribution in [0.4, 0.5) is 11.4 Å². The van der Waals surface area contributed by atoms with Gasteiger partial charge in [-0.05, 0) is 55.3 Å². The van der Waals surface area contributed by atoms with Gasteiger partial charge in [0.2, 0.25) is 5.91 Å². The summed E-state index contributed by atoms with van der Waals surface area (Å²) in [7, 11) is 1.61. The van der Waals surface area contributed by atoms with Gasteiger partial charge in [-0.25, -0.2) is 0 Å². The van der Waals surface area contributed by atoms with E-state index >= 15 is 0 Å². The summed E-state index contributed by atoms with van der Waals surface area (Å²) in [5, 5.41) is 2.95. The summed E-state index contributed by atoms with van der Waals surface area (Å²) < 4.78 is 16.5. The Hall–Kier alpha value is -3.22. The van der Waals surface area contributed by atoms with Gasteiger partial charge in [0.25, 0.3) is 5.91 Å². The fourth-order valence-electron chi connectivity index (χ4n) is 3.36. The SMILES string of the molecule is CCC(CC)C(=O)Nc1ccc2c(c1)N(CCOc1ccc(OC)cc1)C(=O)CO2. The number of amides is 2. The Morgan fingerprint density at radius 1 is 1.13 bits per heavy atom. The van der Waals surface area contributed by atoms with Crippen molar-refractivity contribution in [1.29, 1.82) is 0 Å². The average molecular weight is 412 g/mol. The standard InChI is InChI=1S/C23H28N2O5/c1-4-16(5-2)23(27)24-17-6-11-21-20(14-17)25(22(26)15-30-21)12-13-29-19-9-7-18(28-3)8-10-19/h6-11,14,16H,4-5,12-13,15H2,1-3H3,(H,24,27). The third kappa shape index (κ3) is 5.03. The van der Waals surface area contributed by atoms with Gasteiger partial charge in [-0.15, -0.1) is 0 Å². The van der Waals surface area contributed by atoms with E-state index in [9.17, 15) is 9.59 Å². The Morgan fingerprint density at radius 2 is 1.83 bits per heavy atom. The Labute approximate surface area is 176 Å². The van der Waals surface area contributed by atoms with Gasteiger partial charge >= 0.3 is 0 Å². The minimum atomic E-state index is -0.149. The predicted octanol–water partition coefficient (Wildman–Crippen LogP) is 3.87. The quantitative estimate of drug-likeness (QED) is 0.676. The van der Waals surface area contributed by atoms with E-state index in [-0.39, 0.29) is 24.3 Å². The fraction of sp³-hybridized carbons (Fsp3) is 0.391. The summed E-state index contributed by atoms with van der Waals surface area (Å²) in [6.07, 6.45) is 1.56. The number of anilines is 2. The van der Waals surface area contributed by atoms with Crippen LogP contribution in [0.25, 0.3) is 0 Å². The normalized spacial score (nSPS) is 12.9. The highest BCUT2D eigenvalue weighted by Crippen LogP contribution is 2.34. The maximum atomic E-state index is 12.5. The molecule has 0 fully saturated rings. The lowest BCUT2D eigenvalue weighted by Gasteiger charge is -2.30. The molecule has 0 aromatic heterocycles. The van der Waals surface area contributed by atoms with E-state index in [4.69, 9.17) is 14.2 Å². The fourth-order valence-corrected chi connectivity index (χ4v) is 3.36. The molecule has 0 bridgehead atoms. The smallest absolute Gasteiger partial charge is 0.265 e.